The average Bonchev–Trinajstić information content (AvgIpc) is 2.26. The molecule has 1 N–H and O–H groups in total. The molecule has 0 aromatic heterocycles. The Morgan fingerprint density at radius 2 is 2.36 bits per heavy atom. The summed E-state index contributed by atoms with van der Waals surface area (Å²) in [6.07, 6.45) is 6.31. The molecule has 0 aromatic carbocycles. The molecule has 2 fully saturated rings. The van der Waals surface area contributed by atoms with E-state index in [1.54, 1.807) is 0 Å². The van der Waals surface area contributed by atoms with E-state index < -0.39 is 5.97 Å². The first-order chi connectivity index (χ1) is 5.27. The van der Waals surface area contributed by atoms with Crippen LogP contribution in [0, 0.1) is 11.8 Å². The van der Waals surface area contributed by atoms with Crippen molar-refractivity contribution in [2.24, 2.45) is 11.8 Å². The second-order valence-electron chi connectivity index (χ2n) is 3.56. The molecule has 0 saturated heterocycles. The molecule has 0 unspecified atom stereocenters. The van der Waals surface area contributed by atoms with Gasteiger partial charge < -0.3 is 5.11 Å². The monoisotopic (exact) mass is 152 g/mol. The molecular weight excluding hydrogens is 140 g/mol. The van der Waals surface area contributed by atoms with Crippen molar-refractivity contribution in [3.8, 4) is 0 Å². The first-order valence-electron chi connectivity index (χ1n) is 4.21. The molecule has 0 aliphatic heterocycles. The second kappa shape index (κ2) is 2.36. The van der Waals surface area contributed by atoms with E-state index in [1.807, 2.05) is 0 Å². The zero-order chi connectivity index (χ0) is 7.84. The van der Waals surface area contributed by atoms with Gasteiger partial charge in [-0.05, 0) is 31.1 Å². The first-order valence-corrected chi connectivity index (χ1v) is 4.21. The highest BCUT2D eigenvalue weighted by Crippen LogP contribution is 2.50. The van der Waals surface area contributed by atoms with Gasteiger partial charge in [0, 0.05) is 6.08 Å². The highest BCUT2D eigenvalue weighted by molar-refractivity contribution is 5.81. The van der Waals surface area contributed by atoms with Crippen molar-refractivity contribution in [2.45, 2.75) is 25.7 Å². The molecule has 0 amide bonds. The van der Waals surface area contributed by atoms with Gasteiger partial charge in [0.15, 0.2) is 0 Å². The summed E-state index contributed by atoms with van der Waals surface area (Å²) in [7, 11) is 0. The van der Waals surface area contributed by atoms with Gasteiger partial charge in [0.05, 0.1) is 0 Å². The summed E-state index contributed by atoms with van der Waals surface area (Å²) in [6, 6.07) is 0. The van der Waals surface area contributed by atoms with Crippen LogP contribution in [0.25, 0.3) is 0 Å². The third-order valence-corrected chi connectivity index (χ3v) is 2.94. The molecule has 2 atom stereocenters. The van der Waals surface area contributed by atoms with E-state index in [1.165, 1.54) is 30.9 Å². The third kappa shape index (κ3) is 1.06. The highest BCUT2D eigenvalue weighted by atomic mass is 16.4. The van der Waals surface area contributed by atoms with Gasteiger partial charge in [-0.2, -0.15) is 0 Å². The standard InChI is InChI=1S/C9H12O2/c10-9(11)5-7-4-6-2-1-3-8(6)7/h5-6,8H,1-4H2,(H,10,11)/b7-5+/t6-,8-/m1/s1. The van der Waals surface area contributed by atoms with Gasteiger partial charge in [-0.15, -0.1) is 0 Å². The van der Waals surface area contributed by atoms with E-state index >= 15 is 0 Å². The number of fused-ring (bicyclic) bond motifs is 1. The maximum atomic E-state index is 10.3. The maximum Gasteiger partial charge on any atom is 0.328 e. The third-order valence-electron chi connectivity index (χ3n) is 2.94. The predicted molar refractivity (Wildman–Crippen MR) is 41.2 cm³/mol. The van der Waals surface area contributed by atoms with Crippen LogP contribution in [0.5, 0.6) is 0 Å². The summed E-state index contributed by atoms with van der Waals surface area (Å²) in [4.78, 5) is 10.3. The van der Waals surface area contributed by atoms with Crippen LogP contribution >= 0.6 is 0 Å². The average molecular weight is 152 g/mol. The largest absolute Gasteiger partial charge is 0.478 e. The number of carboxylic acid groups (broad SMARTS) is 1. The molecule has 2 rings (SSSR count). The molecule has 2 aliphatic rings. The lowest BCUT2D eigenvalue weighted by Gasteiger charge is -2.33. The van der Waals surface area contributed by atoms with E-state index in [4.69, 9.17) is 5.11 Å². The molecule has 0 radical (unpaired) electrons. The lowest BCUT2D eigenvalue weighted by Crippen LogP contribution is -2.24. The van der Waals surface area contributed by atoms with E-state index in [9.17, 15) is 4.79 Å². The maximum absolute atomic E-state index is 10.3. The Morgan fingerprint density at radius 1 is 1.55 bits per heavy atom. The van der Waals surface area contributed by atoms with E-state index in [-0.39, 0.29) is 0 Å². The first kappa shape index (κ1) is 6.89. The van der Waals surface area contributed by atoms with Gasteiger partial charge in [-0.1, -0.05) is 12.0 Å². The summed E-state index contributed by atoms with van der Waals surface area (Å²) in [5, 5.41) is 8.49. The van der Waals surface area contributed by atoms with Gasteiger partial charge in [-0.3, -0.25) is 0 Å². The molecule has 2 aliphatic carbocycles. The van der Waals surface area contributed by atoms with Gasteiger partial charge >= 0.3 is 5.97 Å². The fraction of sp³-hybridized carbons (Fsp3) is 0.667. The minimum absolute atomic E-state index is 0.645. The van der Waals surface area contributed by atoms with Crippen LogP contribution in [0.3, 0.4) is 0 Å². The zero-order valence-corrected chi connectivity index (χ0v) is 6.42. The molecule has 0 aromatic rings. The minimum Gasteiger partial charge on any atom is -0.478 e. The summed E-state index contributed by atoms with van der Waals surface area (Å²) in [5.41, 5.74) is 1.18. The Labute approximate surface area is 65.9 Å². The summed E-state index contributed by atoms with van der Waals surface area (Å²) in [6.45, 7) is 0. The smallest absolute Gasteiger partial charge is 0.328 e. The lowest BCUT2D eigenvalue weighted by molar-refractivity contribution is -0.131. The Morgan fingerprint density at radius 3 is 3.00 bits per heavy atom. The number of allylic oxidation sites excluding steroid dienone is 1. The van der Waals surface area contributed by atoms with Gasteiger partial charge in [0.2, 0.25) is 0 Å². The van der Waals surface area contributed by atoms with Crippen molar-refractivity contribution >= 4 is 5.97 Å². The van der Waals surface area contributed by atoms with E-state index in [2.05, 4.69) is 0 Å². The van der Waals surface area contributed by atoms with Crippen LogP contribution in [0.2, 0.25) is 0 Å². The Bertz CT molecular complexity index is 218. The van der Waals surface area contributed by atoms with Crippen molar-refractivity contribution in [2.75, 3.05) is 0 Å². The number of carbonyl (C=O) groups is 1. The Kier molecular flexibility index (Phi) is 1.48. The minimum atomic E-state index is -0.773. The highest BCUT2D eigenvalue weighted by Gasteiger charge is 2.39. The molecule has 2 nitrogen and oxygen atoms in total. The van der Waals surface area contributed by atoms with Gasteiger partial charge in [-0.25, -0.2) is 4.79 Å². The van der Waals surface area contributed by atoms with Crippen LogP contribution in [-0.4, -0.2) is 11.1 Å². The van der Waals surface area contributed by atoms with Crippen molar-refractivity contribution in [3.63, 3.8) is 0 Å². The quantitative estimate of drug-likeness (QED) is 0.582. The molecule has 0 bridgehead atoms. The van der Waals surface area contributed by atoms with Crippen molar-refractivity contribution < 1.29 is 9.90 Å². The number of hydrogen-bond donors (Lipinski definition) is 1. The van der Waals surface area contributed by atoms with Crippen LogP contribution < -0.4 is 0 Å². The number of aliphatic carboxylic acids is 1. The van der Waals surface area contributed by atoms with Gasteiger partial charge in [0.1, 0.15) is 0 Å². The molecule has 11 heavy (non-hydrogen) atoms. The molecule has 0 heterocycles. The van der Waals surface area contributed by atoms with E-state index in [0.29, 0.717) is 5.92 Å². The van der Waals surface area contributed by atoms with Crippen LogP contribution in [0.4, 0.5) is 0 Å². The van der Waals surface area contributed by atoms with E-state index in [0.717, 1.165) is 12.3 Å². The van der Waals surface area contributed by atoms with Crippen LogP contribution in [0.1, 0.15) is 25.7 Å². The molecule has 2 saturated carbocycles. The molecular formula is C9H12O2. The van der Waals surface area contributed by atoms with Gasteiger partial charge in [0.25, 0.3) is 0 Å². The zero-order valence-electron chi connectivity index (χ0n) is 6.42. The number of hydrogen-bond acceptors (Lipinski definition) is 1. The normalized spacial score (nSPS) is 38.4. The SMILES string of the molecule is O=C(O)/C=C1\C[C@H]2CCC[C@@H]12. The molecule has 60 valence electrons. The van der Waals surface area contributed by atoms with Crippen LogP contribution in [-0.2, 0) is 4.79 Å². The molecule has 2 heteroatoms. The summed E-state index contributed by atoms with van der Waals surface area (Å²) >= 11 is 0. The van der Waals surface area contributed by atoms with Crippen LogP contribution in [0.15, 0.2) is 11.6 Å². The molecule has 0 spiro atoms. The number of carboxylic acids is 1. The summed E-state index contributed by atoms with van der Waals surface area (Å²) < 4.78 is 0. The fourth-order valence-electron chi connectivity index (χ4n) is 2.39. The lowest BCUT2D eigenvalue weighted by atomic mass is 9.71. The Hall–Kier alpha value is -0.790. The Balaban J connectivity index is 2.05. The fourth-order valence-corrected chi connectivity index (χ4v) is 2.39. The summed E-state index contributed by atoms with van der Waals surface area (Å²) in [5.74, 6) is 0.706. The predicted octanol–water partition coefficient (Wildman–Crippen LogP) is 1.82. The topological polar surface area (TPSA) is 37.3 Å². The van der Waals surface area contributed by atoms with Crippen molar-refractivity contribution in [3.05, 3.63) is 11.6 Å². The van der Waals surface area contributed by atoms with Crippen molar-refractivity contribution in [1.29, 1.82) is 0 Å². The second-order valence-corrected chi connectivity index (χ2v) is 3.56. The van der Waals surface area contributed by atoms with Crippen molar-refractivity contribution in [1.82, 2.24) is 0 Å². The number of rotatable bonds is 1.